The predicted molar refractivity (Wildman–Crippen MR) is 76.3 cm³/mol. The Morgan fingerprint density at radius 2 is 1.38 bits per heavy atom. The standard InChI is InChI=1S/C15H14ClF3N2/c16-12-3-1-4-13(17)10(12)7-9(21-20)8-11-14(18)5-2-6-15(11)19/h1-6,9,21H,7-8,20H2. The second-order valence-electron chi connectivity index (χ2n) is 4.67. The average molecular weight is 315 g/mol. The Morgan fingerprint density at radius 1 is 0.905 bits per heavy atom. The summed E-state index contributed by atoms with van der Waals surface area (Å²) in [5.41, 5.74) is 2.62. The maximum atomic E-state index is 13.7. The quantitative estimate of drug-likeness (QED) is 0.656. The van der Waals surface area contributed by atoms with E-state index in [2.05, 4.69) is 5.43 Å². The summed E-state index contributed by atoms with van der Waals surface area (Å²) in [7, 11) is 0. The molecule has 0 amide bonds. The van der Waals surface area contributed by atoms with E-state index in [1.54, 1.807) is 6.07 Å². The van der Waals surface area contributed by atoms with Crippen molar-refractivity contribution in [2.75, 3.05) is 0 Å². The fourth-order valence-corrected chi connectivity index (χ4v) is 2.38. The molecule has 0 aromatic heterocycles. The summed E-state index contributed by atoms with van der Waals surface area (Å²) >= 11 is 5.94. The summed E-state index contributed by atoms with van der Waals surface area (Å²) in [6, 6.07) is 7.39. The molecule has 0 bridgehead atoms. The van der Waals surface area contributed by atoms with Crippen LogP contribution in [-0.4, -0.2) is 6.04 Å². The largest absolute Gasteiger partial charge is 0.271 e. The molecule has 2 nitrogen and oxygen atoms in total. The Morgan fingerprint density at radius 3 is 1.90 bits per heavy atom. The minimum Gasteiger partial charge on any atom is -0.271 e. The fraction of sp³-hybridized carbons (Fsp3) is 0.200. The molecule has 0 aliphatic heterocycles. The van der Waals surface area contributed by atoms with E-state index in [-0.39, 0.29) is 29.0 Å². The van der Waals surface area contributed by atoms with Crippen LogP contribution >= 0.6 is 11.6 Å². The van der Waals surface area contributed by atoms with Crippen LogP contribution in [-0.2, 0) is 12.8 Å². The minimum atomic E-state index is -0.658. The molecule has 0 aliphatic carbocycles. The van der Waals surface area contributed by atoms with Gasteiger partial charge in [0, 0.05) is 22.2 Å². The van der Waals surface area contributed by atoms with Crippen LogP contribution in [0.1, 0.15) is 11.1 Å². The summed E-state index contributed by atoms with van der Waals surface area (Å²) in [5, 5.41) is 0.254. The highest BCUT2D eigenvalue weighted by molar-refractivity contribution is 6.31. The van der Waals surface area contributed by atoms with Crippen molar-refractivity contribution >= 4 is 11.6 Å². The van der Waals surface area contributed by atoms with Gasteiger partial charge in [-0.05, 0) is 37.1 Å². The lowest BCUT2D eigenvalue weighted by molar-refractivity contribution is 0.476. The number of hydrogen-bond acceptors (Lipinski definition) is 2. The number of hydrazine groups is 1. The zero-order chi connectivity index (χ0) is 15.4. The van der Waals surface area contributed by atoms with Gasteiger partial charge in [0.1, 0.15) is 17.5 Å². The van der Waals surface area contributed by atoms with Gasteiger partial charge in [0.15, 0.2) is 0 Å². The molecule has 6 heteroatoms. The van der Waals surface area contributed by atoms with Gasteiger partial charge in [-0.1, -0.05) is 23.7 Å². The second-order valence-corrected chi connectivity index (χ2v) is 5.08. The number of rotatable bonds is 5. The van der Waals surface area contributed by atoms with Gasteiger partial charge < -0.3 is 0 Å². The first-order chi connectivity index (χ1) is 10.0. The summed E-state index contributed by atoms with van der Waals surface area (Å²) in [5.74, 6) is 3.62. The molecular formula is C15H14ClF3N2. The molecule has 0 spiro atoms. The van der Waals surface area contributed by atoms with Gasteiger partial charge in [-0.2, -0.15) is 0 Å². The number of benzene rings is 2. The molecule has 2 aromatic carbocycles. The van der Waals surface area contributed by atoms with Crippen LogP contribution in [0.25, 0.3) is 0 Å². The van der Waals surface area contributed by atoms with Crippen molar-refractivity contribution in [3.8, 4) is 0 Å². The minimum absolute atomic E-state index is 0.0142. The molecule has 112 valence electrons. The number of halogens is 4. The van der Waals surface area contributed by atoms with Crippen LogP contribution in [0.5, 0.6) is 0 Å². The highest BCUT2D eigenvalue weighted by Gasteiger charge is 2.18. The van der Waals surface area contributed by atoms with Crippen LogP contribution < -0.4 is 11.3 Å². The normalized spacial score (nSPS) is 12.4. The molecule has 1 unspecified atom stereocenters. The van der Waals surface area contributed by atoms with Crippen LogP contribution in [0.15, 0.2) is 36.4 Å². The van der Waals surface area contributed by atoms with Crippen LogP contribution in [0.3, 0.4) is 0 Å². The Hall–Kier alpha value is -1.56. The highest BCUT2D eigenvalue weighted by Crippen LogP contribution is 2.22. The van der Waals surface area contributed by atoms with E-state index in [0.29, 0.717) is 0 Å². The van der Waals surface area contributed by atoms with Gasteiger partial charge in [0.2, 0.25) is 0 Å². The Bertz CT molecular complexity index is 540. The third-order valence-corrected chi connectivity index (χ3v) is 3.61. The maximum Gasteiger partial charge on any atom is 0.129 e. The molecule has 0 saturated carbocycles. The zero-order valence-electron chi connectivity index (χ0n) is 11.0. The van der Waals surface area contributed by atoms with E-state index < -0.39 is 23.5 Å². The van der Waals surface area contributed by atoms with E-state index in [1.807, 2.05) is 0 Å². The monoisotopic (exact) mass is 314 g/mol. The molecule has 0 saturated heterocycles. The van der Waals surface area contributed by atoms with Crippen molar-refractivity contribution in [2.24, 2.45) is 5.84 Å². The highest BCUT2D eigenvalue weighted by atomic mass is 35.5. The summed E-state index contributed by atoms with van der Waals surface area (Å²) < 4.78 is 41.0. The lowest BCUT2D eigenvalue weighted by Crippen LogP contribution is -2.39. The number of nitrogens with one attached hydrogen (secondary N) is 1. The Labute approximate surface area is 125 Å². The first-order valence-electron chi connectivity index (χ1n) is 6.34. The third-order valence-electron chi connectivity index (χ3n) is 3.26. The van der Waals surface area contributed by atoms with Crippen molar-refractivity contribution in [2.45, 2.75) is 18.9 Å². The zero-order valence-corrected chi connectivity index (χ0v) is 11.8. The van der Waals surface area contributed by atoms with Gasteiger partial charge in [-0.15, -0.1) is 0 Å². The average Bonchev–Trinajstić information content (AvgIpc) is 2.45. The van der Waals surface area contributed by atoms with Crippen molar-refractivity contribution < 1.29 is 13.2 Å². The third kappa shape index (κ3) is 3.75. The Balaban J connectivity index is 2.21. The lowest BCUT2D eigenvalue weighted by Gasteiger charge is -2.18. The molecule has 0 aliphatic rings. The number of nitrogens with two attached hydrogens (primary N) is 1. The fourth-order valence-electron chi connectivity index (χ4n) is 2.14. The van der Waals surface area contributed by atoms with Crippen LogP contribution in [0.2, 0.25) is 5.02 Å². The van der Waals surface area contributed by atoms with Gasteiger partial charge in [-0.25, -0.2) is 13.2 Å². The van der Waals surface area contributed by atoms with Gasteiger partial charge >= 0.3 is 0 Å². The second kappa shape index (κ2) is 6.93. The summed E-state index contributed by atoms with van der Waals surface area (Å²) in [4.78, 5) is 0. The van der Waals surface area contributed by atoms with Crippen molar-refractivity contribution in [3.63, 3.8) is 0 Å². The predicted octanol–water partition coefficient (Wildman–Crippen LogP) is 3.37. The molecule has 0 heterocycles. The molecule has 3 N–H and O–H groups in total. The van der Waals surface area contributed by atoms with E-state index in [4.69, 9.17) is 17.4 Å². The molecule has 2 rings (SSSR count). The van der Waals surface area contributed by atoms with Gasteiger partial charge in [0.25, 0.3) is 0 Å². The van der Waals surface area contributed by atoms with E-state index in [0.717, 1.165) is 0 Å². The molecule has 21 heavy (non-hydrogen) atoms. The van der Waals surface area contributed by atoms with Crippen molar-refractivity contribution in [1.29, 1.82) is 0 Å². The summed E-state index contributed by atoms with van der Waals surface area (Å²) in [6.07, 6.45) is 0.107. The van der Waals surface area contributed by atoms with E-state index >= 15 is 0 Å². The van der Waals surface area contributed by atoms with Crippen molar-refractivity contribution in [1.82, 2.24) is 5.43 Å². The maximum absolute atomic E-state index is 13.7. The smallest absolute Gasteiger partial charge is 0.129 e. The number of hydrogen-bond donors (Lipinski definition) is 2. The topological polar surface area (TPSA) is 38.0 Å². The van der Waals surface area contributed by atoms with Crippen LogP contribution in [0.4, 0.5) is 13.2 Å². The van der Waals surface area contributed by atoms with Crippen LogP contribution in [0, 0.1) is 17.5 Å². The van der Waals surface area contributed by atoms with E-state index in [9.17, 15) is 13.2 Å². The van der Waals surface area contributed by atoms with Gasteiger partial charge in [-0.3, -0.25) is 11.3 Å². The molecule has 1 atom stereocenters. The first-order valence-corrected chi connectivity index (χ1v) is 6.72. The molecule has 2 aromatic rings. The lowest BCUT2D eigenvalue weighted by atomic mass is 9.98. The summed E-state index contributed by atoms with van der Waals surface area (Å²) in [6.45, 7) is 0. The molecule has 0 radical (unpaired) electrons. The first kappa shape index (κ1) is 15.8. The van der Waals surface area contributed by atoms with E-state index in [1.165, 1.54) is 30.3 Å². The molecular weight excluding hydrogens is 301 g/mol. The Kier molecular flexibility index (Phi) is 5.22. The van der Waals surface area contributed by atoms with Crippen molar-refractivity contribution in [3.05, 3.63) is 70.0 Å². The molecule has 0 fully saturated rings. The SMILES string of the molecule is NNC(Cc1c(F)cccc1F)Cc1c(F)cccc1Cl. The van der Waals surface area contributed by atoms with Gasteiger partial charge in [0.05, 0.1) is 0 Å².